The summed E-state index contributed by atoms with van der Waals surface area (Å²) in [6.45, 7) is 1.86. The maximum absolute atomic E-state index is 11.6. The van der Waals surface area contributed by atoms with Gasteiger partial charge in [-0.15, -0.1) is 0 Å². The van der Waals surface area contributed by atoms with E-state index in [4.69, 9.17) is 16.6 Å². The molecule has 0 radical (unpaired) electrons. The Bertz CT molecular complexity index is 420. The lowest BCUT2D eigenvalue weighted by Crippen LogP contribution is -2.40. The zero-order chi connectivity index (χ0) is 12.1. The lowest BCUT2D eigenvalue weighted by Gasteiger charge is -2.17. The predicted molar refractivity (Wildman–Crippen MR) is 69.3 cm³/mol. The largest absolute Gasteiger partial charge is 0.465 e. The number of hydrogen-bond donors (Lipinski definition) is 1. The van der Waals surface area contributed by atoms with Crippen LogP contribution in [0.2, 0.25) is 0 Å². The minimum Gasteiger partial charge on any atom is -0.465 e. The molecule has 2 rings (SSSR count). The van der Waals surface area contributed by atoms with Crippen molar-refractivity contribution in [3.63, 3.8) is 0 Å². The maximum Gasteiger partial charge on any atom is 0.250 e. The Labute approximate surface area is 105 Å². The van der Waals surface area contributed by atoms with Gasteiger partial charge < -0.3 is 9.32 Å². The van der Waals surface area contributed by atoms with Crippen LogP contribution in [-0.4, -0.2) is 29.0 Å². The molecule has 1 fully saturated rings. The van der Waals surface area contributed by atoms with Crippen molar-refractivity contribution in [2.45, 2.75) is 12.8 Å². The highest BCUT2D eigenvalue weighted by Crippen LogP contribution is 2.07. The Kier molecular flexibility index (Phi) is 3.93. The fraction of sp³-hybridized carbons (Fsp3) is 0.333. The molecule has 1 saturated heterocycles. The molecular weight excluding hydrogens is 236 g/mol. The molecule has 0 bridgehead atoms. The second kappa shape index (κ2) is 5.63. The lowest BCUT2D eigenvalue weighted by molar-refractivity contribution is -0.115. The van der Waals surface area contributed by atoms with Gasteiger partial charge in [-0.1, -0.05) is 0 Å². The minimum atomic E-state index is -0.224. The number of rotatable bonds is 2. The Balaban J connectivity index is 1.82. The molecule has 5 heteroatoms. The first-order chi connectivity index (χ1) is 8.25. The fourth-order valence-electron chi connectivity index (χ4n) is 1.69. The molecule has 0 aliphatic carbocycles. The van der Waals surface area contributed by atoms with Crippen LogP contribution in [0, 0.1) is 0 Å². The molecule has 2 heterocycles. The van der Waals surface area contributed by atoms with E-state index in [-0.39, 0.29) is 5.91 Å². The summed E-state index contributed by atoms with van der Waals surface area (Å²) in [7, 11) is 0. The van der Waals surface area contributed by atoms with Gasteiger partial charge in [-0.2, -0.15) is 0 Å². The van der Waals surface area contributed by atoms with Gasteiger partial charge in [0.15, 0.2) is 5.11 Å². The zero-order valence-corrected chi connectivity index (χ0v) is 10.2. The number of carbonyl (C=O) groups is 1. The second-order valence-corrected chi connectivity index (χ2v) is 4.22. The molecule has 0 atom stereocenters. The van der Waals surface area contributed by atoms with Crippen LogP contribution in [0.4, 0.5) is 0 Å². The summed E-state index contributed by atoms with van der Waals surface area (Å²) in [5.74, 6) is 0.422. The van der Waals surface area contributed by atoms with Crippen molar-refractivity contribution < 1.29 is 9.21 Å². The van der Waals surface area contributed by atoms with Crippen LogP contribution in [-0.2, 0) is 4.79 Å². The van der Waals surface area contributed by atoms with E-state index in [0.717, 1.165) is 25.9 Å². The topological polar surface area (TPSA) is 45.5 Å². The average Bonchev–Trinajstić information content (AvgIpc) is 2.99. The summed E-state index contributed by atoms with van der Waals surface area (Å²) in [6, 6.07) is 3.55. The molecular formula is C12H14N2O2S. The predicted octanol–water partition coefficient (Wildman–Crippen LogP) is 1.79. The van der Waals surface area contributed by atoms with Crippen molar-refractivity contribution in [1.29, 1.82) is 0 Å². The SMILES string of the molecule is O=C(/C=C/c1ccco1)NC(=S)N1CCCC1. The third-order valence-corrected chi connectivity index (χ3v) is 2.93. The maximum atomic E-state index is 11.6. The molecule has 1 N–H and O–H groups in total. The van der Waals surface area contributed by atoms with E-state index in [1.807, 2.05) is 4.90 Å². The number of nitrogens with zero attached hydrogens (tertiary/aromatic N) is 1. The van der Waals surface area contributed by atoms with E-state index < -0.39 is 0 Å². The summed E-state index contributed by atoms with van der Waals surface area (Å²) >= 11 is 5.14. The van der Waals surface area contributed by atoms with Gasteiger partial charge >= 0.3 is 0 Å². The minimum absolute atomic E-state index is 0.224. The second-order valence-electron chi connectivity index (χ2n) is 3.84. The van der Waals surface area contributed by atoms with Gasteiger partial charge in [0.1, 0.15) is 5.76 Å². The summed E-state index contributed by atoms with van der Waals surface area (Å²) in [5, 5.41) is 3.18. The van der Waals surface area contributed by atoms with Gasteiger partial charge in [0, 0.05) is 19.2 Å². The van der Waals surface area contributed by atoms with Crippen molar-refractivity contribution in [1.82, 2.24) is 10.2 Å². The molecule has 0 unspecified atom stereocenters. The quantitative estimate of drug-likeness (QED) is 0.642. The monoisotopic (exact) mass is 250 g/mol. The first kappa shape index (κ1) is 11.9. The molecule has 1 aromatic heterocycles. The third kappa shape index (κ3) is 3.42. The van der Waals surface area contributed by atoms with Crippen LogP contribution in [0.1, 0.15) is 18.6 Å². The van der Waals surface area contributed by atoms with Crippen LogP contribution in [0.15, 0.2) is 28.9 Å². The highest BCUT2D eigenvalue weighted by molar-refractivity contribution is 7.80. The van der Waals surface area contributed by atoms with E-state index in [2.05, 4.69) is 5.32 Å². The highest BCUT2D eigenvalue weighted by Gasteiger charge is 2.15. The molecule has 1 aliphatic rings. The highest BCUT2D eigenvalue weighted by atomic mass is 32.1. The van der Waals surface area contributed by atoms with Crippen molar-refractivity contribution >= 4 is 29.3 Å². The van der Waals surface area contributed by atoms with Crippen LogP contribution in [0.3, 0.4) is 0 Å². The summed E-state index contributed by atoms with van der Waals surface area (Å²) < 4.78 is 5.08. The summed E-state index contributed by atoms with van der Waals surface area (Å²) in [6.07, 6.45) is 6.87. The Morgan fingerprint density at radius 3 is 2.88 bits per heavy atom. The first-order valence-corrected chi connectivity index (χ1v) is 5.98. The van der Waals surface area contributed by atoms with E-state index in [1.165, 1.54) is 6.08 Å². The van der Waals surface area contributed by atoms with Crippen molar-refractivity contribution in [3.05, 3.63) is 30.2 Å². The number of carbonyl (C=O) groups excluding carboxylic acids is 1. The first-order valence-electron chi connectivity index (χ1n) is 5.57. The number of furan rings is 1. The summed E-state index contributed by atoms with van der Waals surface area (Å²) in [5.41, 5.74) is 0. The van der Waals surface area contributed by atoms with E-state index >= 15 is 0 Å². The molecule has 1 aliphatic heterocycles. The number of nitrogens with one attached hydrogen (secondary N) is 1. The van der Waals surface area contributed by atoms with Gasteiger partial charge in [-0.3, -0.25) is 10.1 Å². The van der Waals surface area contributed by atoms with Gasteiger partial charge in [-0.25, -0.2) is 0 Å². The van der Waals surface area contributed by atoms with Gasteiger partial charge in [0.25, 0.3) is 0 Å². The molecule has 0 aromatic carbocycles. The molecule has 17 heavy (non-hydrogen) atoms. The zero-order valence-electron chi connectivity index (χ0n) is 9.39. The molecule has 0 spiro atoms. The molecule has 4 nitrogen and oxygen atoms in total. The fourth-order valence-corrected chi connectivity index (χ4v) is 1.97. The van der Waals surface area contributed by atoms with Gasteiger partial charge in [-0.05, 0) is 43.3 Å². The Hall–Kier alpha value is -1.62. The Morgan fingerprint density at radius 1 is 1.47 bits per heavy atom. The van der Waals surface area contributed by atoms with Crippen LogP contribution < -0.4 is 5.32 Å². The number of thiocarbonyl (C=S) groups is 1. The molecule has 90 valence electrons. The molecule has 0 saturated carbocycles. The normalized spacial score (nSPS) is 15.4. The number of hydrogen-bond acceptors (Lipinski definition) is 3. The standard InChI is InChI=1S/C12H14N2O2S/c15-11(6-5-10-4-3-9-16-10)13-12(17)14-7-1-2-8-14/h3-6,9H,1-2,7-8H2,(H,13,15,17)/b6-5+. The van der Waals surface area contributed by atoms with E-state index in [9.17, 15) is 4.79 Å². The van der Waals surface area contributed by atoms with Gasteiger partial charge in [0.2, 0.25) is 5.91 Å². The van der Waals surface area contributed by atoms with Crippen molar-refractivity contribution in [3.8, 4) is 0 Å². The van der Waals surface area contributed by atoms with Crippen LogP contribution in [0.5, 0.6) is 0 Å². The molecule has 1 aromatic rings. The van der Waals surface area contributed by atoms with Crippen LogP contribution in [0.25, 0.3) is 6.08 Å². The van der Waals surface area contributed by atoms with Crippen molar-refractivity contribution in [2.75, 3.05) is 13.1 Å². The van der Waals surface area contributed by atoms with Crippen LogP contribution >= 0.6 is 12.2 Å². The third-order valence-electron chi connectivity index (χ3n) is 2.57. The lowest BCUT2D eigenvalue weighted by atomic mass is 10.4. The smallest absolute Gasteiger partial charge is 0.250 e. The van der Waals surface area contributed by atoms with E-state index in [1.54, 1.807) is 24.5 Å². The number of amides is 1. The molecule has 1 amide bonds. The summed E-state index contributed by atoms with van der Waals surface area (Å²) in [4.78, 5) is 13.6. The van der Waals surface area contributed by atoms with Gasteiger partial charge in [0.05, 0.1) is 6.26 Å². The average molecular weight is 250 g/mol. The van der Waals surface area contributed by atoms with Crippen molar-refractivity contribution in [2.24, 2.45) is 0 Å². The van der Waals surface area contributed by atoms with E-state index in [0.29, 0.717) is 10.9 Å². The Morgan fingerprint density at radius 2 is 2.24 bits per heavy atom. The number of likely N-dealkylation sites (tertiary alicyclic amines) is 1.